The average molecular weight is 215 g/mol. The van der Waals surface area contributed by atoms with Gasteiger partial charge in [-0.15, -0.1) is 0 Å². The van der Waals surface area contributed by atoms with Crippen molar-refractivity contribution in [2.75, 3.05) is 6.54 Å². The fourth-order valence-electron chi connectivity index (χ4n) is 2.50. The second-order valence-corrected chi connectivity index (χ2v) is 5.49. The molecule has 0 fully saturated rings. The molecule has 0 aliphatic heterocycles. The average Bonchev–Trinajstić information content (AvgIpc) is 2.29. The first-order valence-corrected chi connectivity index (χ1v) is 6.09. The number of hydrogen-bond acceptors (Lipinski definition) is 1. The largest absolute Gasteiger partial charge is 0.327 e. The lowest BCUT2D eigenvalue weighted by molar-refractivity contribution is 0.331. The molecule has 16 heavy (non-hydrogen) atoms. The van der Waals surface area contributed by atoms with Crippen molar-refractivity contribution < 1.29 is 0 Å². The Balaban J connectivity index is 2.39. The molecule has 0 radical (unpaired) electrons. The van der Waals surface area contributed by atoms with Crippen molar-refractivity contribution in [3.05, 3.63) is 41.5 Å². The highest BCUT2D eigenvalue weighted by atomic mass is 14.5. The Kier molecular flexibility index (Phi) is 3.15. The van der Waals surface area contributed by atoms with Crippen molar-refractivity contribution in [2.24, 2.45) is 11.1 Å². The minimum absolute atomic E-state index is 0.420. The molecule has 0 aromatic heterocycles. The third kappa shape index (κ3) is 2.35. The van der Waals surface area contributed by atoms with Gasteiger partial charge in [-0.05, 0) is 35.8 Å². The molecule has 1 aliphatic rings. The summed E-state index contributed by atoms with van der Waals surface area (Å²) < 4.78 is 0. The molecule has 0 saturated carbocycles. The SMILES string of the molecule is CC1(C)CCC(CN)=C(c2ccccc2)C1. The van der Waals surface area contributed by atoms with Crippen LogP contribution in [-0.4, -0.2) is 6.54 Å². The van der Waals surface area contributed by atoms with Crippen LogP contribution in [0.15, 0.2) is 35.9 Å². The predicted molar refractivity (Wildman–Crippen MR) is 70.0 cm³/mol. The molecular weight excluding hydrogens is 194 g/mol. The molecule has 1 aliphatic carbocycles. The summed E-state index contributed by atoms with van der Waals surface area (Å²) in [6.07, 6.45) is 3.58. The maximum atomic E-state index is 5.86. The summed E-state index contributed by atoms with van der Waals surface area (Å²) in [5, 5.41) is 0. The third-order valence-corrected chi connectivity index (χ3v) is 3.55. The maximum Gasteiger partial charge on any atom is 0.0142 e. The number of hydrogen-bond donors (Lipinski definition) is 1. The van der Waals surface area contributed by atoms with E-state index in [1.807, 2.05) is 0 Å². The van der Waals surface area contributed by atoms with Gasteiger partial charge < -0.3 is 5.73 Å². The minimum Gasteiger partial charge on any atom is -0.327 e. The first-order chi connectivity index (χ1) is 7.62. The summed E-state index contributed by atoms with van der Waals surface area (Å²) in [6.45, 7) is 5.41. The van der Waals surface area contributed by atoms with Crippen LogP contribution in [0.25, 0.3) is 5.57 Å². The molecule has 0 spiro atoms. The van der Waals surface area contributed by atoms with E-state index in [1.165, 1.54) is 23.1 Å². The summed E-state index contributed by atoms with van der Waals surface area (Å²) in [5.41, 5.74) is 10.6. The van der Waals surface area contributed by atoms with E-state index in [4.69, 9.17) is 5.73 Å². The molecule has 0 amide bonds. The van der Waals surface area contributed by atoms with Gasteiger partial charge in [0.05, 0.1) is 0 Å². The van der Waals surface area contributed by atoms with Crippen LogP contribution in [0.3, 0.4) is 0 Å². The van der Waals surface area contributed by atoms with Crippen LogP contribution >= 0.6 is 0 Å². The molecular formula is C15H21N. The number of rotatable bonds is 2. The van der Waals surface area contributed by atoms with Crippen LogP contribution in [0.5, 0.6) is 0 Å². The molecule has 1 aromatic carbocycles. The Morgan fingerprint density at radius 3 is 2.50 bits per heavy atom. The molecule has 0 atom stereocenters. The van der Waals surface area contributed by atoms with Crippen LogP contribution < -0.4 is 5.73 Å². The summed E-state index contributed by atoms with van der Waals surface area (Å²) in [5.74, 6) is 0. The molecule has 1 aromatic rings. The zero-order chi connectivity index (χ0) is 11.6. The van der Waals surface area contributed by atoms with Gasteiger partial charge in [-0.2, -0.15) is 0 Å². The van der Waals surface area contributed by atoms with Crippen LogP contribution in [0.1, 0.15) is 38.7 Å². The van der Waals surface area contributed by atoms with E-state index in [-0.39, 0.29) is 0 Å². The Bertz CT molecular complexity index is 387. The smallest absolute Gasteiger partial charge is 0.0142 e. The Hall–Kier alpha value is -1.08. The Morgan fingerprint density at radius 1 is 1.19 bits per heavy atom. The van der Waals surface area contributed by atoms with E-state index in [9.17, 15) is 0 Å². The van der Waals surface area contributed by atoms with E-state index in [1.54, 1.807) is 0 Å². The molecule has 1 heteroatoms. The Labute approximate surface area is 98.4 Å². The first-order valence-electron chi connectivity index (χ1n) is 6.09. The first kappa shape index (κ1) is 11.4. The quantitative estimate of drug-likeness (QED) is 0.801. The summed E-state index contributed by atoms with van der Waals surface area (Å²) in [6, 6.07) is 10.7. The Morgan fingerprint density at radius 2 is 1.88 bits per heavy atom. The molecule has 2 N–H and O–H groups in total. The van der Waals surface area contributed by atoms with Gasteiger partial charge in [0, 0.05) is 6.54 Å². The molecule has 0 saturated heterocycles. The van der Waals surface area contributed by atoms with E-state index < -0.39 is 0 Å². The standard InChI is InChI=1S/C15H21N/c1-15(2)9-8-13(11-16)14(10-15)12-6-4-3-5-7-12/h3-7H,8-11,16H2,1-2H3. The number of nitrogens with two attached hydrogens (primary N) is 1. The lowest BCUT2D eigenvalue weighted by Crippen LogP contribution is -2.21. The number of benzene rings is 1. The van der Waals surface area contributed by atoms with Gasteiger partial charge in [-0.25, -0.2) is 0 Å². The van der Waals surface area contributed by atoms with Gasteiger partial charge in [0.15, 0.2) is 0 Å². The van der Waals surface area contributed by atoms with Crippen LogP contribution in [-0.2, 0) is 0 Å². The van der Waals surface area contributed by atoms with Crippen molar-refractivity contribution in [1.82, 2.24) is 0 Å². The van der Waals surface area contributed by atoms with E-state index in [2.05, 4.69) is 44.2 Å². The molecule has 86 valence electrons. The van der Waals surface area contributed by atoms with Gasteiger partial charge >= 0.3 is 0 Å². The zero-order valence-electron chi connectivity index (χ0n) is 10.3. The second kappa shape index (κ2) is 4.42. The van der Waals surface area contributed by atoms with E-state index in [0.717, 1.165) is 12.8 Å². The van der Waals surface area contributed by atoms with Crippen molar-refractivity contribution in [3.63, 3.8) is 0 Å². The van der Waals surface area contributed by atoms with E-state index >= 15 is 0 Å². The third-order valence-electron chi connectivity index (χ3n) is 3.55. The number of allylic oxidation sites excluding steroid dienone is 1. The van der Waals surface area contributed by atoms with Crippen LogP contribution in [0.4, 0.5) is 0 Å². The van der Waals surface area contributed by atoms with Gasteiger partial charge in [-0.3, -0.25) is 0 Å². The van der Waals surface area contributed by atoms with Gasteiger partial charge in [-0.1, -0.05) is 49.8 Å². The van der Waals surface area contributed by atoms with Crippen molar-refractivity contribution in [2.45, 2.75) is 33.1 Å². The van der Waals surface area contributed by atoms with Crippen molar-refractivity contribution >= 4 is 5.57 Å². The summed E-state index contributed by atoms with van der Waals surface area (Å²) >= 11 is 0. The summed E-state index contributed by atoms with van der Waals surface area (Å²) in [4.78, 5) is 0. The highest BCUT2D eigenvalue weighted by Crippen LogP contribution is 2.42. The normalized spacial score (nSPS) is 19.9. The van der Waals surface area contributed by atoms with Crippen LogP contribution in [0, 0.1) is 5.41 Å². The maximum absolute atomic E-state index is 5.86. The van der Waals surface area contributed by atoms with Gasteiger partial charge in [0.2, 0.25) is 0 Å². The molecule has 0 bridgehead atoms. The lowest BCUT2D eigenvalue weighted by Gasteiger charge is -2.33. The molecule has 0 heterocycles. The molecule has 0 unspecified atom stereocenters. The predicted octanol–water partition coefficient (Wildman–Crippen LogP) is 3.61. The second-order valence-electron chi connectivity index (χ2n) is 5.49. The van der Waals surface area contributed by atoms with E-state index in [0.29, 0.717) is 12.0 Å². The molecule has 2 rings (SSSR count). The van der Waals surface area contributed by atoms with Gasteiger partial charge in [0.25, 0.3) is 0 Å². The highest BCUT2D eigenvalue weighted by Gasteiger charge is 2.26. The lowest BCUT2D eigenvalue weighted by atomic mass is 9.72. The van der Waals surface area contributed by atoms with Crippen molar-refractivity contribution in [3.8, 4) is 0 Å². The topological polar surface area (TPSA) is 26.0 Å². The fraction of sp³-hybridized carbons (Fsp3) is 0.467. The monoisotopic (exact) mass is 215 g/mol. The van der Waals surface area contributed by atoms with Crippen molar-refractivity contribution in [1.29, 1.82) is 0 Å². The fourth-order valence-corrected chi connectivity index (χ4v) is 2.50. The molecule has 1 nitrogen and oxygen atoms in total. The van der Waals surface area contributed by atoms with Crippen LogP contribution in [0.2, 0.25) is 0 Å². The zero-order valence-corrected chi connectivity index (χ0v) is 10.3. The highest BCUT2D eigenvalue weighted by molar-refractivity contribution is 5.70. The summed E-state index contributed by atoms with van der Waals surface area (Å²) in [7, 11) is 0. The van der Waals surface area contributed by atoms with Gasteiger partial charge in [0.1, 0.15) is 0 Å². The minimum atomic E-state index is 0.420.